The Bertz CT molecular complexity index is 406. The number of hydrogen-bond donors (Lipinski definition) is 1. The first kappa shape index (κ1) is 15.2. The fourth-order valence-electron chi connectivity index (χ4n) is 2.49. The van der Waals surface area contributed by atoms with Gasteiger partial charge in [0.2, 0.25) is 0 Å². The average Bonchev–Trinajstić information content (AvgIpc) is 2.50. The summed E-state index contributed by atoms with van der Waals surface area (Å²) in [5, 5.41) is 3.59. The Morgan fingerprint density at radius 3 is 2.60 bits per heavy atom. The van der Waals surface area contributed by atoms with E-state index in [0.717, 1.165) is 18.0 Å². The molecule has 0 radical (unpaired) electrons. The van der Waals surface area contributed by atoms with Crippen molar-refractivity contribution in [2.24, 2.45) is 0 Å². The number of fused-ring (bicyclic) bond motifs is 1. The lowest BCUT2D eigenvalue weighted by molar-refractivity contribution is 0.171. The summed E-state index contributed by atoms with van der Waals surface area (Å²) in [4.78, 5) is 0. The van der Waals surface area contributed by atoms with Gasteiger partial charge in [-0.2, -0.15) is 0 Å². The number of hydrogen-bond acceptors (Lipinski definition) is 3. The lowest BCUT2D eigenvalue weighted by atomic mass is 10.1. The van der Waals surface area contributed by atoms with Crippen LogP contribution in [0, 0.1) is 0 Å². The predicted molar refractivity (Wildman–Crippen MR) is 82.6 cm³/mol. The van der Waals surface area contributed by atoms with E-state index in [1.807, 2.05) is 6.07 Å². The van der Waals surface area contributed by atoms with Crippen molar-refractivity contribution in [1.82, 2.24) is 5.32 Å². The fourth-order valence-corrected chi connectivity index (χ4v) is 2.49. The van der Waals surface area contributed by atoms with Crippen molar-refractivity contribution in [2.45, 2.75) is 52.0 Å². The number of ether oxygens (including phenoxy) is 2. The maximum absolute atomic E-state index is 5.63. The smallest absolute Gasteiger partial charge is 0.161 e. The van der Waals surface area contributed by atoms with Gasteiger partial charge in [0.15, 0.2) is 11.5 Å². The zero-order chi connectivity index (χ0) is 14.2. The first-order valence-corrected chi connectivity index (χ1v) is 7.94. The van der Waals surface area contributed by atoms with Gasteiger partial charge >= 0.3 is 0 Å². The van der Waals surface area contributed by atoms with E-state index in [2.05, 4.69) is 31.3 Å². The van der Waals surface area contributed by atoms with E-state index >= 15 is 0 Å². The van der Waals surface area contributed by atoms with Gasteiger partial charge in [-0.15, -0.1) is 0 Å². The molecular weight excluding hydrogens is 250 g/mol. The van der Waals surface area contributed by atoms with E-state index in [9.17, 15) is 0 Å². The van der Waals surface area contributed by atoms with Crippen molar-refractivity contribution in [1.29, 1.82) is 0 Å². The molecule has 1 aliphatic heterocycles. The molecule has 3 nitrogen and oxygen atoms in total. The standard InChI is InChI=1S/C17H27NO2/c1-3-4-5-6-7-10-18-14(2)15-8-9-16-17(13-15)20-12-11-19-16/h8-9,13-14,18H,3-7,10-12H2,1-2H3. The molecule has 3 heteroatoms. The Balaban J connectivity index is 1.76. The van der Waals surface area contributed by atoms with Gasteiger partial charge in [0, 0.05) is 6.04 Å². The first-order chi connectivity index (χ1) is 9.81. The Morgan fingerprint density at radius 2 is 1.80 bits per heavy atom. The molecule has 0 saturated carbocycles. The molecule has 0 spiro atoms. The number of rotatable bonds is 8. The molecule has 1 atom stereocenters. The van der Waals surface area contributed by atoms with Gasteiger partial charge in [-0.05, 0) is 37.6 Å². The van der Waals surface area contributed by atoms with Gasteiger partial charge < -0.3 is 14.8 Å². The highest BCUT2D eigenvalue weighted by Crippen LogP contribution is 2.32. The SMILES string of the molecule is CCCCCCCNC(C)c1ccc2c(c1)OCCO2. The van der Waals surface area contributed by atoms with Crippen LogP contribution >= 0.6 is 0 Å². The molecule has 20 heavy (non-hydrogen) atoms. The monoisotopic (exact) mass is 277 g/mol. The Hall–Kier alpha value is -1.22. The number of nitrogens with one attached hydrogen (secondary N) is 1. The molecule has 0 aromatic heterocycles. The molecule has 1 heterocycles. The van der Waals surface area contributed by atoms with E-state index in [1.165, 1.54) is 37.7 Å². The van der Waals surface area contributed by atoms with Crippen LogP contribution in [0.25, 0.3) is 0 Å². The topological polar surface area (TPSA) is 30.5 Å². The molecule has 0 bridgehead atoms. The second kappa shape index (κ2) is 8.15. The van der Waals surface area contributed by atoms with Crippen LogP contribution in [0.1, 0.15) is 57.6 Å². The quantitative estimate of drug-likeness (QED) is 0.726. The molecule has 0 saturated heterocycles. The largest absolute Gasteiger partial charge is 0.486 e. The van der Waals surface area contributed by atoms with Crippen molar-refractivity contribution in [2.75, 3.05) is 19.8 Å². The van der Waals surface area contributed by atoms with Gasteiger partial charge in [-0.3, -0.25) is 0 Å². The lowest BCUT2D eigenvalue weighted by Gasteiger charge is -2.21. The van der Waals surface area contributed by atoms with Crippen LogP contribution in [-0.4, -0.2) is 19.8 Å². The molecule has 1 aliphatic rings. The molecule has 112 valence electrons. The second-order valence-electron chi connectivity index (χ2n) is 5.49. The highest BCUT2D eigenvalue weighted by atomic mass is 16.6. The van der Waals surface area contributed by atoms with E-state index in [-0.39, 0.29) is 0 Å². The summed E-state index contributed by atoms with van der Waals surface area (Å²) in [5.74, 6) is 1.75. The summed E-state index contributed by atoms with van der Waals surface area (Å²) in [7, 11) is 0. The van der Waals surface area contributed by atoms with Crippen LogP contribution in [0.15, 0.2) is 18.2 Å². The van der Waals surface area contributed by atoms with Gasteiger partial charge in [0.1, 0.15) is 13.2 Å². The molecule has 0 amide bonds. The Morgan fingerprint density at radius 1 is 1.05 bits per heavy atom. The summed E-state index contributed by atoms with van der Waals surface area (Å²) in [6.07, 6.45) is 6.61. The number of benzene rings is 1. The van der Waals surface area contributed by atoms with Crippen molar-refractivity contribution in [3.63, 3.8) is 0 Å². The highest BCUT2D eigenvalue weighted by Gasteiger charge is 2.13. The number of unbranched alkanes of at least 4 members (excludes halogenated alkanes) is 4. The van der Waals surface area contributed by atoms with Crippen molar-refractivity contribution < 1.29 is 9.47 Å². The normalized spacial score (nSPS) is 15.1. The Kier molecular flexibility index (Phi) is 6.19. The first-order valence-electron chi connectivity index (χ1n) is 7.94. The summed E-state index contributed by atoms with van der Waals surface area (Å²) in [6, 6.07) is 6.60. The van der Waals surface area contributed by atoms with Gasteiger partial charge in [0.05, 0.1) is 0 Å². The summed E-state index contributed by atoms with van der Waals surface area (Å²) < 4.78 is 11.2. The van der Waals surface area contributed by atoms with Crippen molar-refractivity contribution in [3.05, 3.63) is 23.8 Å². The van der Waals surface area contributed by atoms with Gasteiger partial charge in [-0.1, -0.05) is 38.7 Å². The summed E-state index contributed by atoms with van der Waals surface area (Å²) >= 11 is 0. The minimum atomic E-state index is 0.358. The lowest BCUT2D eigenvalue weighted by Crippen LogP contribution is -2.20. The third-order valence-electron chi connectivity index (χ3n) is 3.80. The minimum Gasteiger partial charge on any atom is -0.486 e. The predicted octanol–water partition coefficient (Wildman–Crippen LogP) is 4.08. The van der Waals surface area contributed by atoms with E-state index in [1.54, 1.807) is 0 Å². The van der Waals surface area contributed by atoms with Crippen LogP contribution in [0.3, 0.4) is 0 Å². The zero-order valence-electron chi connectivity index (χ0n) is 12.8. The van der Waals surface area contributed by atoms with E-state index in [4.69, 9.17) is 9.47 Å². The molecular formula is C17H27NO2. The van der Waals surface area contributed by atoms with Crippen molar-refractivity contribution >= 4 is 0 Å². The van der Waals surface area contributed by atoms with Gasteiger partial charge in [-0.25, -0.2) is 0 Å². The second-order valence-corrected chi connectivity index (χ2v) is 5.49. The average molecular weight is 277 g/mol. The molecule has 1 aromatic rings. The maximum atomic E-state index is 5.63. The fraction of sp³-hybridized carbons (Fsp3) is 0.647. The van der Waals surface area contributed by atoms with Crippen LogP contribution < -0.4 is 14.8 Å². The van der Waals surface area contributed by atoms with Crippen molar-refractivity contribution in [3.8, 4) is 11.5 Å². The van der Waals surface area contributed by atoms with E-state index < -0.39 is 0 Å². The zero-order valence-corrected chi connectivity index (χ0v) is 12.8. The van der Waals surface area contributed by atoms with Crippen LogP contribution in [0.4, 0.5) is 0 Å². The maximum Gasteiger partial charge on any atom is 0.161 e. The molecule has 0 fully saturated rings. The molecule has 1 N–H and O–H groups in total. The van der Waals surface area contributed by atoms with Crippen LogP contribution in [-0.2, 0) is 0 Å². The summed E-state index contributed by atoms with van der Waals surface area (Å²) in [6.45, 7) is 6.84. The molecule has 1 unspecified atom stereocenters. The van der Waals surface area contributed by atoms with Crippen LogP contribution in [0.5, 0.6) is 11.5 Å². The highest BCUT2D eigenvalue weighted by molar-refractivity contribution is 5.44. The third-order valence-corrected chi connectivity index (χ3v) is 3.80. The Labute approximate surface area is 122 Å². The minimum absolute atomic E-state index is 0.358. The third kappa shape index (κ3) is 4.41. The molecule has 1 aromatic carbocycles. The molecule has 0 aliphatic carbocycles. The molecule has 2 rings (SSSR count). The van der Waals surface area contributed by atoms with Gasteiger partial charge in [0.25, 0.3) is 0 Å². The van der Waals surface area contributed by atoms with E-state index in [0.29, 0.717) is 19.3 Å². The summed E-state index contributed by atoms with van der Waals surface area (Å²) in [5.41, 5.74) is 1.27. The van der Waals surface area contributed by atoms with Crippen LogP contribution in [0.2, 0.25) is 0 Å².